The molecule has 6 nitrogen and oxygen atoms in total. The van der Waals surface area contributed by atoms with Crippen LogP contribution in [0, 0.1) is 6.92 Å². The topological polar surface area (TPSA) is 69.9 Å². The Morgan fingerprint density at radius 2 is 1.69 bits per heavy atom. The maximum Gasteiger partial charge on any atom is 0.338 e. The predicted octanol–water partition coefficient (Wildman–Crippen LogP) is 5.84. The maximum absolute atomic E-state index is 14.2. The van der Waals surface area contributed by atoms with E-state index in [1.807, 2.05) is 104 Å². The largest absolute Gasteiger partial charge is 0.488 e. The molecule has 0 fully saturated rings. The van der Waals surface area contributed by atoms with Gasteiger partial charge in [-0.25, -0.2) is 9.79 Å². The molecule has 1 aliphatic rings. The molecular weight excluding hydrogens is 544 g/mol. The second-order valence-electron chi connectivity index (χ2n) is 10.2. The first-order valence-corrected chi connectivity index (χ1v) is 14.7. The Hall–Kier alpha value is -4.75. The lowest BCUT2D eigenvalue weighted by Crippen LogP contribution is -2.39. The van der Waals surface area contributed by atoms with Crippen LogP contribution in [0.2, 0.25) is 0 Å². The molecule has 6 rings (SSSR count). The lowest BCUT2D eigenvalue weighted by Gasteiger charge is -2.24. The number of nitrogens with zero attached hydrogens (tertiary/aromatic N) is 2. The molecule has 210 valence electrons. The highest BCUT2D eigenvalue weighted by atomic mass is 32.1. The molecular formula is C35H30N2O4S. The molecule has 5 aromatic rings. The Morgan fingerprint density at radius 3 is 2.45 bits per heavy atom. The molecule has 1 aliphatic heterocycles. The van der Waals surface area contributed by atoms with Crippen molar-refractivity contribution in [3.05, 3.63) is 144 Å². The number of ether oxygens (including phenoxy) is 2. The highest BCUT2D eigenvalue weighted by molar-refractivity contribution is 7.07. The van der Waals surface area contributed by atoms with E-state index in [0.717, 1.165) is 33.0 Å². The minimum Gasteiger partial charge on any atom is -0.488 e. The summed E-state index contributed by atoms with van der Waals surface area (Å²) >= 11 is 1.31. The summed E-state index contributed by atoms with van der Waals surface area (Å²) in [6, 6.07) is 29.2. The van der Waals surface area contributed by atoms with E-state index >= 15 is 0 Å². The summed E-state index contributed by atoms with van der Waals surface area (Å²) in [5, 5.41) is 2.02. The van der Waals surface area contributed by atoms with Crippen LogP contribution in [0.4, 0.5) is 0 Å². The Labute approximate surface area is 247 Å². The standard InChI is InChI=1S/C35H30N2O4S/c1-4-40-34(39)31-23(3)36-35-37(32(31)26-16-14-22(2)15-17-26)33(38)30(42-35)20-28-27-13-9-8-12-25(27)18-19-29(28)41-21-24-10-6-5-7-11-24/h5-20,32H,4,21H2,1-3H3/b30-20-/t32-/m1/s1. The summed E-state index contributed by atoms with van der Waals surface area (Å²) in [6.07, 6.45) is 1.89. The number of thiazole rings is 1. The fraction of sp³-hybridized carbons (Fsp3) is 0.171. The molecule has 2 heterocycles. The van der Waals surface area contributed by atoms with Crippen molar-refractivity contribution in [2.24, 2.45) is 4.99 Å². The van der Waals surface area contributed by atoms with Gasteiger partial charge in [0.05, 0.1) is 28.5 Å². The molecule has 4 aromatic carbocycles. The Bertz CT molecular complexity index is 2000. The van der Waals surface area contributed by atoms with Gasteiger partial charge in [0.25, 0.3) is 5.56 Å². The average molecular weight is 575 g/mol. The second kappa shape index (κ2) is 11.6. The zero-order chi connectivity index (χ0) is 29.2. The molecule has 0 radical (unpaired) electrons. The summed E-state index contributed by atoms with van der Waals surface area (Å²) in [7, 11) is 0. The van der Waals surface area contributed by atoms with Crippen LogP contribution in [-0.2, 0) is 16.1 Å². The van der Waals surface area contributed by atoms with Gasteiger partial charge in [0.1, 0.15) is 12.4 Å². The van der Waals surface area contributed by atoms with Crippen molar-refractivity contribution < 1.29 is 14.3 Å². The van der Waals surface area contributed by atoms with Crippen molar-refractivity contribution in [1.29, 1.82) is 0 Å². The zero-order valence-corrected chi connectivity index (χ0v) is 24.5. The number of carbonyl (C=O) groups is 1. The lowest BCUT2D eigenvalue weighted by atomic mass is 9.95. The fourth-order valence-electron chi connectivity index (χ4n) is 5.27. The molecule has 0 bridgehead atoms. The third-order valence-corrected chi connectivity index (χ3v) is 8.34. The SMILES string of the molecule is CCOC(=O)C1=C(C)N=c2s/c(=C\c3c(OCc4ccccc4)ccc4ccccc34)c(=O)n2[C@@H]1c1ccc(C)cc1. The van der Waals surface area contributed by atoms with E-state index in [9.17, 15) is 9.59 Å². The number of aromatic nitrogens is 1. The van der Waals surface area contributed by atoms with Crippen LogP contribution in [0.3, 0.4) is 0 Å². The first kappa shape index (κ1) is 27.4. The van der Waals surface area contributed by atoms with Gasteiger partial charge in [-0.05, 0) is 54.8 Å². The lowest BCUT2D eigenvalue weighted by molar-refractivity contribution is -0.139. The average Bonchev–Trinajstić information content (AvgIpc) is 3.31. The maximum atomic E-state index is 14.2. The van der Waals surface area contributed by atoms with Gasteiger partial charge >= 0.3 is 5.97 Å². The minimum atomic E-state index is -0.649. The number of hydrogen-bond donors (Lipinski definition) is 0. The van der Waals surface area contributed by atoms with Gasteiger partial charge < -0.3 is 9.47 Å². The van der Waals surface area contributed by atoms with Crippen LogP contribution in [0.1, 0.15) is 42.1 Å². The van der Waals surface area contributed by atoms with Crippen molar-refractivity contribution in [3.8, 4) is 5.75 Å². The normalized spacial score (nSPS) is 14.9. The van der Waals surface area contributed by atoms with Crippen LogP contribution >= 0.6 is 11.3 Å². The van der Waals surface area contributed by atoms with E-state index in [1.165, 1.54) is 11.3 Å². The van der Waals surface area contributed by atoms with Crippen molar-refractivity contribution in [3.63, 3.8) is 0 Å². The fourth-order valence-corrected chi connectivity index (χ4v) is 6.30. The third kappa shape index (κ3) is 5.19. The smallest absolute Gasteiger partial charge is 0.338 e. The summed E-state index contributed by atoms with van der Waals surface area (Å²) in [5.74, 6) is 0.214. The van der Waals surface area contributed by atoms with Crippen LogP contribution in [0.5, 0.6) is 5.75 Å². The highest BCUT2D eigenvalue weighted by Gasteiger charge is 2.33. The molecule has 1 aromatic heterocycles. The molecule has 0 spiro atoms. The number of allylic oxidation sites excluding steroid dienone is 1. The summed E-state index contributed by atoms with van der Waals surface area (Å²) in [6.45, 7) is 6.20. The first-order chi connectivity index (χ1) is 20.4. The van der Waals surface area contributed by atoms with E-state index in [1.54, 1.807) is 18.4 Å². The highest BCUT2D eigenvalue weighted by Crippen LogP contribution is 2.32. The summed E-state index contributed by atoms with van der Waals surface area (Å²) in [5.41, 5.74) is 4.48. The van der Waals surface area contributed by atoms with Gasteiger partial charge in [-0.15, -0.1) is 0 Å². The Kier molecular flexibility index (Phi) is 7.59. The van der Waals surface area contributed by atoms with Gasteiger partial charge in [-0.3, -0.25) is 9.36 Å². The van der Waals surface area contributed by atoms with Gasteiger partial charge in [-0.2, -0.15) is 0 Å². The third-order valence-electron chi connectivity index (χ3n) is 7.35. The molecule has 0 aliphatic carbocycles. The molecule has 42 heavy (non-hydrogen) atoms. The molecule has 7 heteroatoms. The summed E-state index contributed by atoms with van der Waals surface area (Å²) < 4.78 is 13.9. The van der Waals surface area contributed by atoms with E-state index in [2.05, 4.69) is 0 Å². The van der Waals surface area contributed by atoms with Gasteiger partial charge in [0.15, 0.2) is 4.80 Å². The molecule has 1 atom stereocenters. The van der Waals surface area contributed by atoms with Crippen molar-refractivity contribution >= 4 is 34.2 Å². The monoisotopic (exact) mass is 574 g/mol. The second-order valence-corrected chi connectivity index (χ2v) is 11.2. The molecule has 0 N–H and O–H groups in total. The molecule has 0 saturated carbocycles. The number of fused-ring (bicyclic) bond motifs is 2. The number of esters is 1. The number of benzene rings is 4. The number of rotatable bonds is 7. The van der Waals surface area contributed by atoms with Crippen molar-refractivity contribution in [2.45, 2.75) is 33.4 Å². The Morgan fingerprint density at radius 1 is 0.952 bits per heavy atom. The van der Waals surface area contributed by atoms with Crippen molar-refractivity contribution in [1.82, 2.24) is 4.57 Å². The summed E-state index contributed by atoms with van der Waals surface area (Å²) in [4.78, 5) is 32.6. The number of hydrogen-bond acceptors (Lipinski definition) is 6. The Balaban J connectivity index is 1.53. The number of aryl methyl sites for hydroxylation is 1. The van der Waals surface area contributed by atoms with Gasteiger partial charge in [0.2, 0.25) is 0 Å². The molecule has 0 saturated heterocycles. The quantitative estimate of drug-likeness (QED) is 0.229. The van der Waals surface area contributed by atoms with Crippen LogP contribution < -0.4 is 19.6 Å². The van der Waals surface area contributed by atoms with Gasteiger partial charge in [0, 0.05) is 5.56 Å². The van der Waals surface area contributed by atoms with Crippen molar-refractivity contribution in [2.75, 3.05) is 6.61 Å². The van der Waals surface area contributed by atoms with Crippen LogP contribution in [0.15, 0.2) is 112 Å². The van der Waals surface area contributed by atoms with Crippen LogP contribution in [0.25, 0.3) is 16.8 Å². The minimum absolute atomic E-state index is 0.222. The van der Waals surface area contributed by atoms with Crippen LogP contribution in [-0.4, -0.2) is 17.1 Å². The van der Waals surface area contributed by atoms with Gasteiger partial charge in [-0.1, -0.05) is 102 Å². The molecule has 0 unspecified atom stereocenters. The molecule has 0 amide bonds. The number of carbonyl (C=O) groups excluding carboxylic acids is 1. The van der Waals surface area contributed by atoms with E-state index in [4.69, 9.17) is 14.5 Å². The first-order valence-electron chi connectivity index (χ1n) is 13.9. The zero-order valence-electron chi connectivity index (χ0n) is 23.7. The van der Waals surface area contributed by atoms with E-state index in [0.29, 0.717) is 33.0 Å². The predicted molar refractivity (Wildman–Crippen MR) is 166 cm³/mol. The van der Waals surface area contributed by atoms with E-state index in [-0.39, 0.29) is 12.2 Å². The van der Waals surface area contributed by atoms with E-state index < -0.39 is 12.0 Å².